The van der Waals surface area contributed by atoms with Gasteiger partial charge in [0.25, 0.3) is 11.8 Å². The number of carbonyl (C=O) groups excluding carboxylic acids is 2. The third-order valence-electron chi connectivity index (χ3n) is 4.08. The molecule has 1 aliphatic rings. The van der Waals surface area contributed by atoms with Gasteiger partial charge in [-0.2, -0.15) is 0 Å². The molecule has 1 aromatic carbocycles. The Hall–Kier alpha value is -2.51. The molecule has 0 saturated heterocycles. The Kier molecular flexibility index (Phi) is 5.80. The summed E-state index contributed by atoms with van der Waals surface area (Å²) in [5, 5.41) is 9.44. The van der Waals surface area contributed by atoms with Crippen LogP contribution in [0.3, 0.4) is 0 Å². The van der Waals surface area contributed by atoms with Crippen molar-refractivity contribution in [3.8, 4) is 0 Å². The maximum Gasteiger partial charge on any atom is 0.261 e. The van der Waals surface area contributed by atoms with E-state index in [-0.39, 0.29) is 11.5 Å². The van der Waals surface area contributed by atoms with Crippen LogP contribution in [0, 0.1) is 12.7 Å². The van der Waals surface area contributed by atoms with Gasteiger partial charge in [-0.05, 0) is 49.7 Å². The summed E-state index contributed by atoms with van der Waals surface area (Å²) in [5.41, 5.74) is 2.24. The zero-order chi connectivity index (χ0) is 18.5. The summed E-state index contributed by atoms with van der Waals surface area (Å²) in [7, 11) is 0. The van der Waals surface area contributed by atoms with E-state index in [0.29, 0.717) is 16.4 Å². The topological polar surface area (TPSA) is 70.2 Å². The predicted molar refractivity (Wildman–Crippen MR) is 101 cm³/mol. The van der Waals surface area contributed by atoms with Crippen LogP contribution in [0.2, 0.25) is 0 Å². The van der Waals surface area contributed by atoms with Gasteiger partial charge in [0.05, 0.1) is 9.88 Å². The van der Waals surface area contributed by atoms with Crippen LogP contribution >= 0.6 is 11.3 Å². The van der Waals surface area contributed by atoms with Crippen LogP contribution in [0.15, 0.2) is 42.0 Å². The van der Waals surface area contributed by atoms with Crippen LogP contribution < -0.4 is 16.0 Å². The Bertz CT molecular complexity index is 860. The second kappa shape index (κ2) is 8.25. The number of carbonyl (C=O) groups is 2. The van der Waals surface area contributed by atoms with Gasteiger partial charge in [0.1, 0.15) is 5.82 Å². The molecule has 0 spiro atoms. The Balaban J connectivity index is 1.63. The Morgan fingerprint density at radius 3 is 2.85 bits per heavy atom. The van der Waals surface area contributed by atoms with Crippen molar-refractivity contribution in [1.82, 2.24) is 10.6 Å². The van der Waals surface area contributed by atoms with Gasteiger partial charge in [-0.3, -0.25) is 9.59 Å². The first kappa shape index (κ1) is 18.3. The molecule has 3 rings (SSSR count). The molecular weight excluding hydrogens is 353 g/mol. The van der Waals surface area contributed by atoms with Crippen molar-refractivity contribution >= 4 is 28.2 Å². The van der Waals surface area contributed by atoms with Crippen molar-refractivity contribution in [3.05, 3.63) is 63.8 Å². The molecule has 0 radical (unpaired) electrons. The van der Waals surface area contributed by atoms with Gasteiger partial charge in [0.15, 0.2) is 0 Å². The molecule has 2 amide bonds. The van der Waals surface area contributed by atoms with Gasteiger partial charge in [-0.1, -0.05) is 17.7 Å². The Morgan fingerprint density at radius 2 is 2.12 bits per heavy atom. The third kappa shape index (κ3) is 4.56. The second-order valence-corrected chi connectivity index (χ2v) is 7.14. The van der Waals surface area contributed by atoms with Crippen LogP contribution in [0.1, 0.15) is 32.0 Å². The van der Waals surface area contributed by atoms with E-state index in [2.05, 4.69) is 22.0 Å². The highest BCUT2D eigenvalue weighted by molar-refractivity contribution is 7.18. The summed E-state index contributed by atoms with van der Waals surface area (Å²) in [6, 6.07) is 7.24. The summed E-state index contributed by atoms with van der Waals surface area (Å²) in [6.07, 6.45) is 3.02. The minimum Gasteiger partial charge on any atom is -0.348 e. The molecule has 0 unspecified atom stereocenters. The molecule has 3 N–H and O–H groups in total. The Labute approximate surface area is 155 Å². The lowest BCUT2D eigenvalue weighted by Crippen LogP contribution is -2.29. The molecule has 1 aromatic heterocycles. The molecule has 26 heavy (non-hydrogen) atoms. The van der Waals surface area contributed by atoms with Gasteiger partial charge in [-0.25, -0.2) is 4.39 Å². The lowest BCUT2D eigenvalue weighted by atomic mass is 10.1. The number of benzene rings is 1. The zero-order valence-corrected chi connectivity index (χ0v) is 15.2. The number of amides is 2. The van der Waals surface area contributed by atoms with Crippen molar-refractivity contribution in [2.75, 3.05) is 25.0 Å². The van der Waals surface area contributed by atoms with Gasteiger partial charge in [0, 0.05) is 18.7 Å². The van der Waals surface area contributed by atoms with Gasteiger partial charge in [0.2, 0.25) is 0 Å². The number of thiophene rings is 1. The van der Waals surface area contributed by atoms with Crippen LogP contribution in [-0.4, -0.2) is 31.4 Å². The first-order valence-electron chi connectivity index (χ1n) is 8.37. The van der Waals surface area contributed by atoms with Gasteiger partial charge in [-0.15, -0.1) is 11.3 Å². The molecule has 2 heterocycles. The standard InChI is InChI=1S/C19H20FN3O2S/c1-12-9-16(23-18(24)14-3-2-4-15(20)10-14)26-17(12)19(25)22-11-13-5-7-21-8-6-13/h2-5,9-10,21H,6-8,11H2,1H3,(H,22,25)(H,23,24). The largest absolute Gasteiger partial charge is 0.348 e. The lowest BCUT2D eigenvalue weighted by molar-refractivity contribution is 0.0959. The quantitative estimate of drug-likeness (QED) is 0.706. The summed E-state index contributed by atoms with van der Waals surface area (Å²) >= 11 is 1.21. The minimum absolute atomic E-state index is 0.154. The number of aryl methyl sites for hydroxylation is 1. The molecule has 136 valence electrons. The maximum absolute atomic E-state index is 13.2. The Morgan fingerprint density at radius 1 is 1.27 bits per heavy atom. The SMILES string of the molecule is Cc1cc(NC(=O)c2cccc(F)c2)sc1C(=O)NCC1=CCNCC1. The van der Waals surface area contributed by atoms with E-state index in [1.54, 1.807) is 12.1 Å². The average Bonchev–Trinajstić information content (AvgIpc) is 3.01. The number of halogens is 1. The van der Waals surface area contributed by atoms with E-state index in [9.17, 15) is 14.0 Å². The van der Waals surface area contributed by atoms with E-state index in [1.807, 2.05) is 6.92 Å². The fourth-order valence-electron chi connectivity index (χ4n) is 2.69. The minimum atomic E-state index is -0.465. The fourth-order valence-corrected chi connectivity index (χ4v) is 3.67. The van der Waals surface area contributed by atoms with E-state index in [4.69, 9.17) is 0 Å². The third-order valence-corrected chi connectivity index (χ3v) is 5.23. The first-order valence-corrected chi connectivity index (χ1v) is 9.19. The zero-order valence-electron chi connectivity index (χ0n) is 14.4. The number of hydrogen-bond acceptors (Lipinski definition) is 4. The number of rotatable bonds is 5. The predicted octanol–water partition coefficient (Wildman–Crippen LogP) is 3.10. The highest BCUT2D eigenvalue weighted by atomic mass is 32.1. The van der Waals surface area contributed by atoms with Crippen molar-refractivity contribution in [2.24, 2.45) is 0 Å². The summed E-state index contributed by atoms with van der Waals surface area (Å²) in [4.78, 5) is 25.2. The number of anilines is 1. The van der Waals surface area contributed by atoms with Gasteiger partial charge < -0.3 is 16.0 Å². The van der Waals surface area contributed by atoms with Gasteiger partial charge >= 0.3 is 0 Å². The van der Waals surface area contributed by atoms with Crippen LogP contribution in [0.4, 0.5) is 9.39 Å². The monoisotopic (exact) mass is 373 g/mol. The second-order valence-electron chi connectivity index (χ2n) is 6.09. The van der Waals surface area contributed by atoms with E-state index >= 15 is 0 Å². The average molecular weight is 373 g/mol. The molecule has 0 aliphatic carbocycles. The van der Waals surface area contributed by atoms with E-state index in [1.165, 1.54) is 35.1 Å². The molecule has 1 aliphatic heterocycles. The van der Waals surface area contributed by atoms with Crippen LogP contribution in [0.5, 0.6) is 0 Å². The molecule has 0 fully saturated rings. The summed E-state index contributed by atoms with van der Waals surface area (Å²) < 4.78 is 13.2. The highest BCUT2D eigenvalue weighted by Gasteiger charge is 2.16. The molecule has 5 nitrogen and oxygen atoms in total. The molecule has 0 saturated carbocycles. The van der Waals surface area contributed by atoms with Crippen LogP contribution in [-0.2, 0) is 0 Å². The highest BCUT2D eigenvalue weighted by Crippen LogP contribution is 2.27. The van der Waals surface area contributed by atoms with Crippen molar-refractivity contribution in [2.45, 2.75) is 13.3 Å². The van der Waals surface area contributed by atoms with E-state index < -0.39 is 11.7 Å². The molecule has 0 atom stereocenters. The summed E-state index contributed by atoms with van der Waals surface area (Å²) in [5.74, 6) is -1.02. The smallest absolute Gasteiger partial charge is 0.261 e. The van der Waals surface area contributed by atoms with E-state index in [0.717, 1.165) is 25.1 Å². The summed E-state index contributed by atoms with van der Waals surface area (Å²) in [6.45, 7) is 4.12. The van der Waals surface area contributed by atoms with Crippen molar-refractivity contribution in [1.29, 1.82) is 0 Å². The fraction of sp³-hybridized carbons (Fsp3) is 0.263. The van der Waals surface area contributed by atoms with Crippen molar-refractivity contribution < 1.29 is 14.0 Å². The molecule has 2 aromatic rings. The molecular formula is C19H20FN3O2S. The normalized spacial score (nSPS) is 13.8. The number of nitrogens with one attached hydrogen (secondary N) is 3. The first-order chi connectivity index (χ1) is 12.5. The van der Waals surface area contributed by atoms with Crippen molar-refractivity contribution in [3.63, 3.8) is 0 Å². The van der Waals surface area contributed by atoms with Crippen LogP contribution in [0.25, 0.3) is 0 Å². The lowest BCUT2D eigenvalue weighted by Gasteiger charge is -2.14. The molecule has 7 heteroatoms. The molecule has 0 bridgehead atoms. The maximum atomic E-state index is 13.2. The number of hydrogen-bond donors (Lipinski definition) is 3.